The molecule has 1 amide bonds. The number of piperazine rings is 1. The van der Waals surface area contributed by atoms with Gasteiger partial charge in [-0.3, -0.25) is 4.79 Å². The second kappa shape index (κ2) is 6.20. The van der Waals surface area contributed by atoms with Gasteiger partial charge >= 0.3 is 0 Å². The van der Waals surface area contributed by atoms with Crippen LogP contribution in [0, 0.1) is 13.8 Å². The van der Waals surface area contributed by atoms with Gasteiger partial charge in [-0.05, 0) is 26.0 Å². The number of fused-ring (bicyclic) bond motifs is 1. The number of rotatable bonds is 2. The van der Waals surface area contributed by atoms with Gasteiger partial charge in [-0.2, -0.15) is 0 Å². The maximum absolute atomic E-state index is 12.8. The number of para-hydroxylation sites is 1. The summed E-state index contributed by atoms with van der Waals surface area (Å²) in [5, 5.41) is 1.07. The number of carbonyl (C=O) groups excluding carboxylic acids is 1. The van der Waals surface area contributed by atoms with Crippen LogP contribution in [-0.2, 0) is 0 Å². The average molecular weight is 335 g/mol. The van der Waals surface area contributed by atoms with Crippen molar-refractivity contribution in [1.29, 1.82) is 0 Å². The lowest BCUT2D eigenvalue weighted by molar-refractivity contribution is 0.0741. The van der Waals surface area contributed by atoms with E-state index in [1.807, 2.05) is 55.1 Å². The lowest BCUT2D eigenvalue weighted by Crippen LogP contribution is -2.49. The molecule has 1 aromatic carbocycles. The van der Waals surface area contributed by atoms with Crippen molar-refractivity contribution in [3.05, 3.63) is 53.6 Å². The van der Waals surface area contributed by atoms with E-state index in [1.165, 1.54) is 0 Å². The number of nitrogens with zero attached hydrogens (tertiary/aromatic N) is 4. The van der Waals surface area contributed by atoms with Gasteiger partial charge in [0.05, 0.1) is 0 Å². The number of anilines is 1. The van der Waals surface area contributed by atoms with Crippen LogP contribution in [0.4, 0.5) is 5.82 Å². The van der Waals surface area contributed by atoms with Gasteiger partial charge in [0.2, 0.25) is 0 Å². The molecule has 3 aromatic rings. The fourth-order valence-electron chi connectivity index (χ4n) is 3.36. The summed E-state index contributed by atoms with van der Waals surface area (Å²) in [6.45, 7) is 6.83. The van der Waals surface area contributed by atoms with E-state index in [-0.39, 0.29) is 5.91 Å². The van der Waals surface area contributed by atoms with Gasteiger partial charge in [-0.15, -0.1) is 0 Å². The highest BCUT2D eigenvalue weighted by molar-refractivity contribution is 5.98. The van der Waals surface area contributed by atoms with Crippen molar-refractivity contribution < 1.29 is 4.79 Å². The van der Waals surface area contributed by atoms with Crippen molar-refractivity contribution >= 4 is 22.6 Å². The Morgan fingerprint density at radius 1 is 1.04 bits per heavy atom. The van der Waals surface area contributed by atoms with Crippen LogP contribution in [0.1, 0.15) is 22.0 Å². The largest absolute Gasteiger partial charge is 0.353 e. The molecule has 0 saturated carbocycles. The summed E-state index contributed by atoms with van der Waals surface area (Å²) >= 11 is 0. The Hall–Kier alpha value is -2.89. The molecule has 1 aliphatic rings. The molecule has 6 heteroatoms. The minimum absolute atomic E-state index is 0.0610. The normalized spacial score (nSPS) is 15.0. The van der Waals surface area contributed by atoms with Crippen LogP contribution in [0.3, 0.4) is 0 Å². The first-order valence-corrected chi connectivity index (χ1v) is 8.54. The van der Waals surface area contributed by atoms with E-state index in [0.29, 0.717) is 18.8 Å². The van der Waals surface area contributed by atoms with E-state index >= 15 is 0 Å². The Labute approximate surface area is 146 Å². The molecule has 1 aliphatic heterocycles. The molecule has 128 valence electrons. The molecule has 0 aliphatic carbocycles. The highest BCUT2D eigenvalue weighted by Gasteiger charge is 2.24. The first-order chi connectivity index (χ1) is 12.1. The summed E-state index contributed by atoms with van der Waals surface area (Å²) in [5.41, 5.74) is 2.62. The predicted octanol–water partition coefficient (Wildman–Crippen LogP) is 2.54. The molecular formula is C19H21N5O. The van der Waals surface area contributed by atoms with Crippen LogP contribution in [0.15, 0.2) is 36.4 Å². The lowest BCUT2D eigenvalue weighted by atomic mass is 10.2. The van der Waals surface area contributed by atoms with Gasteiger partial charge in [0.1, 0.15) is 17.3 Å². The number of aryl methyl sites for hydroxylation is 2. The first-order valence-electron chi connectivity index (χ1n) is 8.54. The molecule has 25 heavy (non-hydrogen) atoms. The van der Waals surface area contributed by atoms with E-state index in [1.54, 1.807) is 0 Å². The number of carbonyl (C=O) groups is 1. The van der Waals surface area contributed by atoms with E-state index in [2.05, 4.69) is 19.9 Å². The van der Waals surface area contributed by atoms with Crippen molar-refractivity contribution in [2.24, 2.45) is 0 Å². The minimum atomic E-state index is 0.0610. The SMILES string of the molecule is Cc1cc(N2CCN(C(=O)c3cc4ccccc4[nH]3)CC2)nc(C)n1. The quantitative estimate of drug-likeness (QED) is 0.782. The van der Waals surface area contributed by atoms with Crippen LogP contribution in [0.25, 0.3) is 10.9 Å². The Morgan fingerprint density at radius 3 is 2.52 bits per heavy atom. The van der Waals surface area contributed by atoms with Gasteiger partial charge in [0.15, 0.2) is 0 Å². The second-order valence-electron chi connectivity index (χ2n) is 6.46. The van der Waals surface area contributed by atoms with Crippen LogP contribution < -0.4 is 4.90 Å². The molecule has 1 N–H and O–H groups in total. The Morgan fingerprint density at radius 2 is 1.80 bits per heavy atom. The third-order valence-electron chi connectivity index (χ3n) is 4.60. The molecule has 0 unspecified atom stereocenters. The Bertz CT molecular complexity index is 871. The van der Waals surface area contributed by atoms with Crippen molar-refractivity contribution in [3.8, 4) is 0 Å². The lowest BCUT2D eigenvalue weighted by Gasteiger charge is -2.35. The summed E-state index contributed by atoms with van der Waals surface area (Å²) in [6.07, 6.45) is 0. The first kappa shape index (κ1) is 15.6. The summed E-state index contributed by atoms with van der Waals surface area (Å²) in [5.74, 6) is 1.79. The second-order valence-corrected chi connectivity index (χ2v) is 6.46. The van der Waals surface area contributed by atoms with Gasteiger partial charge in [-0.1, -0.05) is 18.2 Å². The standard InChI is InChI=1S/C19H21N5O/c1-13-11-18(21-14(2)20-13)23-7-9-24(10-8-23)19(25)17-12-15-5-3-4-6-16(15)22-17/h3-6,11-12,22H,7-10H2,1-2H3. The molecule has 0 atom stereocenters. The molecule has 1 fully saturated rings. The fraction of sp³-hybridized carbons (Fsp3) is 0.316. The van der Waals surface area contributed by atoms with E-state index < -0.39 is 0 Å². The summed E-state index contributed by atoms with van der Waals surface area (Å²) in [6, 6.07) is 11.9. The number of amides is 1. The number of H-pyrrole nitrogens is 1. The topological polar surface area (TPSA) is 65.1 Å². The van der Waals surface area contributed by atoms with Gasteiger partial charge in [0, 0.05) is 48.8 Å². The van der Waals surface area contributed by atoms with Crippen LogP contribution in [-0.4, -0.2) is 51.9 Å². The fourth-order valence-corrected chi connectivity index (χ4v) is 3.36. The monoisotopic (exact) mass is 335 g/mol. The van der Waals surface area contributed by atoms with Gasteiger partial charge < -0.3 is 14.8 Å². The van der Waals surface area contributed by atoms with Crippen molar-refractivity contribution in [2.75, 3.05) is 31.1 Å². The number of nitrogens with one attached hydrogen (secondary N) is 1. The Balaban J connectivity index is 1.46. The summed E-state index contributed by atoms with van der Waals surface area (Å²) in [7, 11) is 0. The molecule has 6 nitrogen and oxygen atoms in total. The molecule has 1 saturated heterocycles. The zero-order valence-electron chi connectivity index (χ0n) is 14.5. The van der Waals surface area contributed by atoms with Crippen molar-refractivity contribution in [1.82, 2.24) is 19.9 Å². The predicted molar refractivity (Wildman–Crippen MR) is 97.9 cm³/mol. The third-order valence-corrected chi connectivity index (χ3v) is 4.60. The number of aromatic amines is 1. The molecule has 2 aromatic heterocycles. The van der Waals surface area contributed by atoms with Crippen LogP contribution >= 0.6 is 0 Å². The van der Waals surface area contributed by atoms with Crippen LogP contribution in [0.2, 0.25) is 0 Å². The number of aromatic nitrogens is 3. The zero-order valence-corrected chi connectivity index (χ0v) is 14.5. The van der Waals surface area contributed by atoms with Gasteiger partial charge in [-0.25, -0.2) is 9.97 Å². The summed E-state index contributed by atoms with van der Waals surface area (Å²) in [4.78, 5) is 29.0. The molecule has 0 radical (unpaired) electrons. The smallest absolute Gasteiger partial charge is 0.270 e. The number of hydrogen-bond acceptors (Lipinski definition) is 4. The average Bonchev–Trinajstić information content (AvgIpc) is 3.04. The van der Waals surface area contributed by atoms with Gasteiger partial charge in [0.25, 0.3) is 5.91 Å². The molecule has 0 spiro atoms. The van der Waals surface area contributed by atoms with E-state index in [4.69, 9.17) is 0 Å². The zero-order chi connectivity index (χ0) is 17.4. The number of benzene rings is 1. The van der Waals surface area contributed by atoms with Crippen LogP contribution in [0.5, 0.6) is 0 Å². The Kier molecular flexibility index (Phi) is 3.87. The maximum atomic E-state index is 12.8. The molecule has 4 rings (SSSR count). The highest BCUT2D eigenvalue weighted by Crippen LogP contribution is 2.19. The molecular weight excluding hydrogens is 314 g/mol. The van der Waals surface area contributed by atoms with E-state index in [0.717, 1.165) is 41.3 Å². The van der Waals surface area contributed by atoms with Crippen molar-refractivity contribution in [3.63, 3.8) is 0 Å². The third kappa shape index (κ3) is 3.07. The minimum Gasteiger partial charge on any atom is -0.353 e. The van der Waals surface area contributed by atoms with E-state index in [9.17, 15) is 4.79 Å². The molecule has 0 bridgehead atoms. The number of hydrogen-bond donors (Lipinski definition) is 1. The maximum Gasteiger partial charge on any atom is 0.270 e. The molecule has 3 heterocycles. The summed E-state index contributed by atoms with van der Waals surface area (Å²) < 4.78 is 0. The van der Waals surface area contributed by atoms with Crippen molar-refractivity contribution in [2.45, 2.75) is 13.8 Å². The highest BCUT2D eigenvalue weighted by atomic mass is 16.2.